The predicted octanol–water partition coefficient (Wildman–Crippen LogP) is 4.96. The van der Waals surface area contributed by atoms with Crippen molar-refractivity contribution in [2.75, 3.05) is 7.11 Å². The number of rotatable bonds is 6. The van der Waals surface area contributed by atoms with Crippen molar-refractivity contribution >= 4 is 28.6 Å². The van der Waals surface area contributed by atoms with E-state index < -0.39 is 4.92 Å². The number of non-ortho nitro benzene ring substituents is 1. The quantitative estimate of drug-likeness (QED) is 0.449. The van der Waals surface area contributed by atoms with Gasteiger partial charge in [-0.2, -0.15) is 0 Å². The van der Waals surface area contributed by atoms with Gasteiger partial charge in [0.25, 0.3) is 5.69 Å². The molecule has 0 spiro atoms. The molecule has 6 nitrogen and oxygen atoms in total. The molecule has 3 rings (SSSR count). The number of nitrogens with zero attached hydrogens (tertiary/aromatic N) is 2. The van der Waals surface area contributed by atoms with E-state index in [2.05, 4.69) is 4.98 Å². The Morgan fingerprint density at radius 1 is 1.24 bits per heavy atom. The molecule has 3 aromatic rings. The number of thiazole rings is 1. The van der Waals surface area contributed by atoms with E-state index in [4.69, 9.17) is 21.1 Å². The molecule has 25 heavy (non-hydrogen) atoms. The lowest BCUT2D eigenvalue weighted by atomic mass is 10.2. The number of methoxy groups -OCH3 is 1. The van der Waals surface area contributed by atoms with Crippen LogP contribution in [0.25, 0.3) is 10.6 Å². The Hall–Kier alpha value is -2.64. The zero-order valence-electron chi connectivity index (χ0n) is 13.1. The summed E-state index contributed by atoms with van der Waals surface area (Å²) in [6.45, 7) is 0.226. The summed E-state index contributed by atoms with van der Waals surface area (Å²) in [5.41, 5.74) is 1.67. The van der Waals surface area contributed by atoms with Gasteiger partial charge in [0, 0.05) is 23.1 Å². The monoisotopic (exact) mass is 376 g/mol. The van der Waals surface area contributed by atoms with Gasteiger partial charge in [-0.05, 0) is 30.3 Å². The molecule has 0 bridgehead atoms. The van der Waals surface area contributed by atoms with Crippen LogP contribution in [0.2, 0.25) is 5.02 Å². The van der Waals surface area contributed by atoms with Gasteiger partial charge in [0.05, 0.1) is 22.7 Å². The van der Waals surface area contributed by atoms with E-state index in [0.29, 0.717) is 5.75 Å². The number of halogens is 1. The summed E-state index contributed by atoms with van der Waals surface area (Å²) in [5, 5.41) is 13.7. The predicted molar refractivity (Wildman–Crippen MR) is 96.5 cm³/mol. The zero-order chi connectivity index (χ0) is 17.8. The van der Waals surface area contributed by atoms with E-state index in [1.807, 2.05) is 29.6 Å². The van der Waals surface area contributed by atoms with E-state index >= 15 is 0 Å². The van der Waals surface area contributed by atoms with Gasteiger partial charge in [-0.1, -0.05) is 11.6 Å². The summed E-state index contributed by atoms with van der Waals surface area (Å²) in [5.74, 6) is 1.17. The molecule has 0 atom stereocenters. The van der Waals surface area contributed by atoms with Gasteiger partial charge in [-0.15, -0.1) is 11.3 Å². The maximum absolute atomic E-state index is 10.7. The molecule has 0 aliphatic heterocycles. The van der Waals surface area contributed by atoms with Crippen molar-refractivity contribution in [3.05, 3.63) is 68.7 Å². The minimum Gasteiger partial charge on any atom is -0.497 e. The van der Waals surface area contributed by atoms with Crippen LogP contribution < -0.4 is 9.47 Å². The van der Waals surface area contributed by atoms with Crippen molar-refractivity contribution in [2.24, 2.45) is 0 Å². The summed E-state index contributed by atoms with van der Waals surface area (Å²) >= 11 is 7.52. The van der Waals surface area contributed by atoms with Crippen LogP contribution in [0, 0.1) is 10.1 Å². The number of aromatic nitrogens is 1. The van der Waals surface area contributed by atoms with Crippen molar-refractivity contribution in [2.45, 2.75) is 6.61 Å². The van der Waals surface area contributed by atoms with Gasteiger partial charge in [-0.3, -0.25) is 10.1 Å². The SMILES string of the molecule is COc1ccc(-c2nc(COc3ccc([N+](=O)[O-])cc3Cl)cs2)cc1. The van der Waals surface area contributed by atoms with Crippen LogP contribution in [-0.4, -0.2) is 17.0 Å². The molecule has 0 saturated heterocycles. The van der Waals surface area contributed by atoms with Gasteiger partial charge in [-0.25, -0.2) is 4.98 Å². The Labute approximate surface area is 152 Å². The van der Waals surface area contributed by atoms with Crippen molar-refractivity contribution < 1.29 is 14.4 Å². The lowest BCUT2D eigenvalue weighted by Crippen LogP contribution is -1.97. The summed E-state index contributed by atoms with van der Waals surface area (Å²) in [6, 6.07) is 11.7. The second kappa shape index (κ2) is 7.50. The highest BCUT2D eigenvalue weighted by atomic mass is 35.5. The lowest BCUT2D eigenvalue weighted by molar-refractivity contribution is -0.384. The Morgan fingerprint density at radius 2 is 2.00 bits per heavy atom. The lowest BCUT2D eigenvalue weighted by Gasteiger charge is -2.06. The van der Waals surface area contributed by atoms with E-state index in [9.17, 15) is 10.1 Å². The first-order valence-electron chi connectivity index (χ1n) is 7.22. The molecule has 0 N–H and O–H groups in total. The van der Waals surface area contributed by atoms with Crippen molar-refractivity contribution in [3.8, 4) is 22.1 Å². The van der Waals surface area contributed by atoms with Crippen LogP contribution in [0.15, 0.2) is 47.8 Å². The first-order chi connectivity index (χ1) is 12.1. The minimum atomic E-state index is -0.503. The number of benzene rings is 2. The number of hydrogen-bond donors (Lipinski definition) is 0. The number of nitro benzene ring substituents is 1. The van der Waals surface area contributed by atoms with Crippen LogP contribution in [0.3, 0.4) is 0 Å². The van der Waals surface area contributed by atoms with Crippen molar-refractivity contribution in [3.63, 3.8) is 0 Å². The topological polar surface area (TPSA) is 74.5 Å². The highest BCUT2D eigenvalue weighted by Crippen LogP contribution is 2.30. The standard InChI is InChI=1S/C17H13ClN2O4S/c1-23-14-5-2-11(3-6-14)17-19-12(10-25-17)9-24-16-7-4-13(20(21)22)8-15(16)18/h2-8,10H,9H2,1H3. The second-order valence-corrected chi connectivity index (χ2v) is 6.30. The molecule has 0 unspecified atom stereocenters. The van der Waals surface area contributed by atoms with Crippen LogP contribution in [0.5, 0.6) is 11.5 Å². The van der Waals surface area contributed by atoms with Gasteiger partial charge in [0.1, 0.15) is 23.1 Å². The Bertz CT molecular complexity index is 896. The fourth-order valence-corrected chi connectivity index (χ4v) is 3.15. The minimum absolute atomic E-state index is 0.0761. The van der Waals surface area contributed by atoms with Crippen molar-refractivity contribution in [1.29, 1.82) is 0 Å². The maximum atomic E-state index is 10.7. The Balaban J connectivity index is 1.68. The molecule has 1 heterocycles. The highest BCUT2D eigenvalue weighted by Gasteiger charge is 2.11. The molecule has 128 valence electrons. The molecule has 8 heteroatoms. The molecular formula is C17H13ClN2O4S. The fourth-order valence-electron chi connectivity index (χ4n) is 2.11. The Morgan fingerprint density at radius 3 is 2.64 bits per heavy atom. The van der Waals surface area contributed by atoms with E-state index in [1.54, 1.807) is 7.11 Å². The molecule has 0 amide bonds. The number of ether oxygens (including phenoxy) is 2. The zero-order valence-corrected chi connectivity index (χ0v) is 14.7. The normalized spacial score (nSPS) is 10.5. The second-order valence-electron chi connectivity index (χ2n) is 5.03. The molecule has 1 aromatic heterocycles. The average molecular weight is 377 g/mol. The summed E-state index contributed by atoms with van der Waals surface area (Å²) in [6.07, 6.45) is 0. The van der Waals surface area contributed by atoms with Gasteiger partial charge >= 0.3 is 0 Å². The molecule has 0 saturated carbocycles. The third-order valence-electron chi connectivity index (χ3n) is 3.39. The van der Waals surface area contributed by atoms with E-state index in [1.165, 1.54) is 29.5 Å². The molecule has 0 fully saturated rings. The van der Waals surface area contributed by atoms with Gasteiger partial charge < -0.3 is 9.47 Å². The smallest absolute Gasteiger partial charge is 0.271 e. The summed E-state index contributed by atoms with van der Waals surface area (Å²) in [7, 11) is 1.62. The largest absolute Gasteiger partial charge is 0.497 e. The van der Waals surface area contributed by atoms with Gasteiger partial charge in [0.15, 0.2) is 0 Å². The van der Waals surface area contributed by atoms with Crippen LogP contribution in [-0.2, 0) is 6.61 Å². The molecule has 0 aliphatic carbocycles. The molecule has 2 aromatic carbocycles. The number of hydrogen-bond acceptors (Lipinski definition) is 6. The molecule has 0 radical (unpaired) electrons. The molecule has 0 aliphatic rings. The number of nitro groups is 1. The third kappa shape index (κ3) is 4.07. The van der Waals surface area contributed by atoms with E-state index in [0.717, 1.165) is 22.0 Å². The first kappa shape index (κ1) is 17.2. The van der Waals surface area contributed by atoms with E-state index in [-0.39, 0.29) is 17.3 Å². The van der Waals surface area contributed by atoms with Crippen LogP contribution in [0.1, 0.15) is 5.69 Å². The first-order valence-corrected chi connectivity index (χ1v) is 8.48. The maximum Gasteiger partial charge on any atom is 0.271 e. The highest BCUT2D eigenvalue weighted by molar-refractivity contribution is 7.13. The third-order valence-corrected chi connectivity index (χ3v) is 4.63. The average Bonchev–Trinajstić information content (AvgIpc) is 3.09. The van der Waals surface area contributed by atoms with Crippen LogP contribution >= 0.6 is 22.9 Å². The Kier molecular flexibility index (Phi) is 5.16. The fraction of sp³-hybridized carbons (Fsp3) is 0.118. The van der Waals surface area contributed by atoms with Crippen molar-refractivity contribution in [1.82, 2.24) is 4.98 Å². The van der Waals surface area contributed by atoms with Crippen LogP contribution in [0.4, 0.5) is 5.69 Å². The molecular weight excluding hydrogens is 364 g/mol. The summed E-state index contributed by atoms with van der Waals surface area (Å²) < 4.78 is 10.8. The summed E-state index contributed by atoms with van der Waals surface area (Å²) in [4.78, 5) is 14.7. The van der Waals surface area contributed by atoms with Gasteiger partial charge in [0.2, 0.25) is 0 Å².